The summed E-state index contributed by atoms with van der Waals surface area (Å²) < 4.78 is 4.55. The zero-order valence-corrected chi connectivity index (χ0v) is 6.56. The van der Waals surface area contributed by atoms with E-state index in [-0.39, 0.29) is 13.2 Å². The first kappa shape index (κ1) is 8.74. The van der Waals surface area contributed by atoms with E-state index in [4.69, 9.17) is 5.11 Å². The highest BCUT2D eigenvalue weighted by Gasteiger charge is 1.92. The zero-order valence-electron chi connectivity index (χ0n) is 6.56. The van der Waals surface area contributed by atoms with Crippen LogP contribution in [-0.2, 0) is 22.7 Å². The topological polar surface area (TPSA) is 46.5 Å². The van der Waals surface area contributed by atoms with Crippen LogP contribution in [0.5, 0.6) is 0 Å². The molecule has 0 radical (unpaired) electrons. The number of carbonyl (C=O) groups is 1. The van der Waals surface area contributed by atoms with E-state index in [1.807, 2.05) is 12.1 Å². The summed E-state index contributed by atoms with van der Waals surface area (Å²) in [5.74, 6) is 0. The van der Waals surface area contributed by atoms with Gasteiger partial charge in [0.1, 0.15) is 6.61 Å². The quantitative estimate of drug-likeness (QED) is 0.674. The summed E-state index contributed by atoms with van der Waals surface area (Å²) in [5.41, 5.74) is 1.77. The molecular weight excluding hydrogens is 156 g/mol. The Morgan fingerprint density at radius 1 is 1.25 bits per heavy atom. The standard InChI is InChI=1S/C9H10O3/c10-5-8-1-3-9(4-2-8)6-12-7-11/h1-4,7,10H,5-6H2. The maximum absolute atomic E-state index is 9.84. The first-order valence-electron chi connectivity index (χ1n) is 3.60. The van der Waals surface area contributed by atoms with Gasteiger partial charge >= 0.3 is 0 Å². The van der Waals surface area contributed by atoms with Gasteiger partial charge in [-0.15, -0.1) is 0 Å². The fourth-order valence-corrected chi connectivity index (χ4v) is 0.871. The number of benzene rings is 1. The molecular formula is C9H10O3. The fourth-order valence-electron chi connectivity index (χ4n) is 0.871. The Kier molecular flexibility index (Phi) is 3.29. The smallest absolute Gasteiger partial charge is 0.293 e. The minimum atomic E-state index is 0.0365. The summed E-state index contributed by atoms with van der Waals surface area (Å²) in [5, 5.41) is 8.72. The van der Waals surface area contributed by atoms with Crippen LogP contribution in [0.4, 0.5) is 0 Å². The van der Waals surface area contributed by atoms with Crippen molar-refractivity contribution in [2.45, 2.75) is 13.2 Å². The van der Waals surface area contributed by atoms with Gasteiger partial charge in [0.25, 0.3) is 6.47 Å². The molecule has 1 aromatic carbocycles. The van der Waals surface area contributed by atoms with Gasteiger partial charge in [-0.2, -0.15) is 0 Å². The van der Waals surface area contributed by atoms with E-state index in [0.29, 0.717) is 6.47 Å². The van der Waals surface area contributed by atoms with Gasteiger partial charge in [-0.05, 0) is 11.1 Å². The molecule has 0 atom stereocenters. The van der Waals surface area contributed by atoms with E-state index in [9.17, 15) is 4.79 Å². The molecule has 0 spiro atoms. The number of carbonyl (C=O) groups excluding carboxylic acids is 1. The summed E-state index contributed by atoms with van der Waals surface area (Å²) in [7, 11) is 0. The summed E-state index contributed by atoms with van der Waals surface area (Å²) in [6.45, 7) is 0.740. The van der Waals surface area contributed by atoms with Crippen LogP contribution in [0, 0.1) is 0 Å². The average Bonchev–Trinajstić information content (AvgIpc) is 2.15. The maximum Gasteiger partial charge on any atom is 0.293 e. The molecule has 0 fully saturated rings. The number of rotatable bonds is 4. The van der Waals surface area contributed by atoms with Crippen molar-refractivity contribution in [2.24, 2.45) is 0 Å². The van der Waals surface area contributed by atoms with Gasteiger partial charge in [0.2, 0.25) is 0 Å². The lowest BCUT2D eigenvalue weighted by Gasteiger charge is -2.00. The molecule has 0 aliphatic rings. The molecule has 0 saturated carbocycles. The highest BCUT2D eigenvalue weighted by Crippen LogP contribution is 2.04. The van der Waals surface area contributed by atoms with E-state index < -0.39 is 0 Å². The predicted molar refractivity (Wildman–Crippen MR) is 43.2 cm³/mol. The van der Waals surface area contributed by atoms with Crippen molar-refractivity contribution in [1.82, 2.24) is 0 Å². The normalized spacial score (nSPS) is 9.42. The second-order valence-electron chi connectivity index (χ2n) is 2.38. The lowest BCUT2D eigenvalue weighted by molar-refractivity contribution is -0.129. The Morgan fingerprint density at radius 2 is 1.83 bits per heavy atom. The van der Waals surface area contributed by atoms with Crippen molar-refractivity contribution < 1.29 is 14.6 Å². The molecule has 1 aromatic rings. The lowest BCUT2D eigenvalue weighted by Crippen LogP contribution is -1.90. The van der Waals surface area contributed by atoms with E-state index in [0.717, 1.165) is 11.1 Å². The molecule has 12 heavy (non-hydrogen) atoms. The lowest BCUT2D eigenvalue weighted by atomic mass is 10.1. The molecule has 3 nitrogen and oxygen atoms in total. The van der Waals surface area contributed by atoms with Crippen LogP contribution < -0.4 is 0 Å². The Labute approximate surface area is 70.6 Å². The second-order valence-corrected chi connectivity index (χ2v) is 2.38. The Balaban J connectivity index is 2.58. The van der Waals surface area contributed by atoms with Crippen LogP contribution in [0.1, 0.15) is 11.1 Å². The molecule has 1 rings (SSSR count). The SMILES string of the molecule is O=COCc1ccc(CO)cc1. The first-order chi connectivity index (χ1) is 5.86. The molecule has 0 aromatic heterocycles. The van der Waals surface area contributed by atoms with Gasteiger partial charge < -0.3 is 9.84 Å². The Hall–Kier alpha value is -1.35. The summed E-state index contributed by atoms with van der Waals surface area (Å²) in [4.78, 5) is 9.84. The summed E-state index contributed by atoms with van der Waals surface area (Å²) >= 11 is 0. The minimum Gasteiger partial charge on any atom is -0.463 e. The molecule has 64 valence electrons. The van der Waals surface area contributed by atoms with Crippen LogP contribution in [0.15, 0.2) is 24.3 Å². The molecule has 0 amide bonds. The van der Waals surface area contributed by atoms with Crippen molar-refractivity contribution >= 4 is 6.47 Å². The van der Waals surface area contributed by atoms with E-state index in [1.54, 1.807) is 12.1 Å². The van der Waals surface area contributed by atoms with E-state index in [1.165, 1.54) is 0 Å². The van der Waals surface area contributed by atoms with Crippen LogP contribution in [0.2, 0.25) is 0 Å². The van der Waals surface area contributed by atoms with E-state index in [2.05, 4.69) is 4.74 Å². The van der Waals surface area contributed by atoms with Gasteiger partial charge in [0.05, 0.1) is 6.61 Å². The third kappa shape index (κ3) is 2.36. The van der Waals surface area contributed by atoms with Gasteiger partial charge in [0.15, 0.2) is 0 Å². The summed E-state index contributed by atoms with van der Waals surface area (Å²) in [6, 6.07) is 7.22. The van der Waals surface area contributed by atoms with Crippen molar-refractivity contribution in [2.75, 3.05) is 0 Å². The average molecular weight is 166 g/mol. The molecule has 3 heteroatoms. The fraction of sp³-hybridized carbons (Fsp3) is 0.222. The van der Waals surface area contributed by atoms with Crippen molar-refractivity contribution in [1.29, 1.82) is 0 Å². The first-order valence-corrected chi connectivity index (χ1v) is 3.60. The van der Waals surface area contributed by atoms with Gasteiger partial charge in [-0.3, -0.25) is 4.79 Å². The van der Waals surface area contributed by atoms with Crippen LogP contribution in [0.3, 0.4) is 0 Å². The predicted octanol–water partition coefficient (Wildman–Crippen LogP) is 0.852. The molecule has 0 saturated heterocycles. The van der Waals surface area contributed by atoms with Crippen LogP contribution in [0.25, 0.3) is 0 Å². The largest absolute Gasteiger partial charge is 0.463 e. The van der Waals surface area contributed by atoms with E-state index >= 15 is 0 Å². The summed E-state index contributed by atoms with van der Waals surface area (Å²) in [6.07, 6.45) is 0. The molecule has 0 unspecified atom stereocenters. The third-order valence-corrected chi connectivity index (χ3v) is 1.52. The third-order valence-electron chi connectivity index (χ3n) is 1.52. The maximum atomic E-state index is 9.84. The number of aliphatic hydroxyl groups excluding tert-OH is 1. The number of hydrogen-bond donors (Lipinski definition) is 1. The highest BCUT2D eigenvalue weighted by molar-refractivity contribution is 5.37. The molecule has 0 heterocycles. The van der Waals surface area contributed by atoms with Gasteiger partial charge in [-0.25, -0.2) is 0 Å². The molecule has 1 N–H and O–H groups in total. The van der Waals surface area contributed by atoms with Crippen LogP contribution >= 0.6 is 0 Å². The van der Waals surface area contributed by atoms with Gasteiger partial charge in [-0.1, -0.05) is 24.3 Å². The number of hydrogen-bond acceptors (Lipinski definition) is 3. The minimum absolute atomic E-state index is 0.0365. The second kappa shape index (κ2) is 4.51. The van der Waals surface area contributed by atoms with Crippen molar-refractivity contribution in [3.63, 3.8) is 0 Å². The number of aliphatic hydroxyl groups is 1. The molecule has 0 aliphatic carbocycles. The number of ether oxygens (including phenoxy) is 1. The Bertz CT molecular complexity index is 240. The monoisotopic (exact) mass is 166 g/mol. The van der Waals surface area contributed by atoms with Gasteiger partial charge in [0, 0.05) is 0 Å². The molecule has 0 bridgehead atoms. The van der Waals surface area contributed by atoms with Crippen LogP contribution in [-0.4, -0.2) is 11.6 Å². The Morgan fingerprint density at radius 3 is 2.33 bits per heavy atom. The van der Waals surface area contributed by atoms with Crippen molar-refractivity contribution in [3.8, 4) is 0 Å². The molecule has 0 aliphatic heterocycles. The van der Waals surface area contributed by atoms with Crippen molar-refractivity contribution in [3.05, 3.63) is 35.4 Å². The highest BCUT2D eigenvalue weighted by atomic mass is 16.5. The zero-order chi connectivity index (χ0) is 8.81.